The summed E-state index contributed by atoms with van der Waals surface area (Å²) in [6, 6.07) is 18.8. The van der Waals surface area contributed by atoms with Gasteiger partial charge in [0.15, 0.2) is 16.3 Å². The molecule has 2 heterocycles. The van der Waals surface area contributed by atoms with E-state index in [1.54, 1.807) is 31.6 Å². The molecule has 0 N–H and O–H groups in total. The molecule has 7 nitrogen and oxygen atoms in total. The summed E-state index contributed by atoms with van der Waals surface area (Å²) >= 11 is 1.30. The maximum Gasteiger partial charge on any atom is 0.338 e. The van der Waals surface area contributed by atoms with E-state index in [2.05, 4.69) is 0 Å². The number of aromatic nitrogens is 1. The van der Waals surface area contributed by atoms with Crippen LogP contribution in [-0.4, -0.2) is 30.9 Å². The first-order chi connectivity index (χ1) is 19.0. The van der Waals surface area contributed by atoms with Crippen molar-refractivity contribution in [2.24, 2.45) is 4.99 Å². The topological polar surface area (TPSA) is 79.1 Å². The summed E-state index contributed by atoms with van der Waals surface area (Å²) in [5, 5.41) is 2.14. The summed E-state index contributed by atoms with van der Waals surface area (Å²) in [5.74, 6) is 0.500. The van der Waals surface area contributed by atoms with Gasteiger partial charge in [0.2, 0.25) is 0 Å². The van der Waals surface area contributed by atoms with Gasteiger partial charge >= 0.3 is 5.97 Å². The molecule has 0 amide bonds. The molecule has 3 aromatic carbocycles. The second-order valence-corrected chi connectivity index (χ2v) is 10.1. The van der Waals surface area contributed by atoms with Gasteiger partial charge in [-0.25, -0.2) is 9.79 Å². The highest BCUT2D eigenvalue weighted by Gasteiger charge is 2.36. The predicted molar refractivity (Wildman–Crippen MR) is 153 cm³/mol. The monoisotopic (exact) mass is 542 g/mol. The number of hydrogen-bond acceptors (Lipinski definition) is 7. The molecule has 1 aliphatic heterocycles. The third-order valence-electron chi connectivity index (χ3n) is 6.60. The number of benzene rings is 3. The van der Waals surface area contributed by atoms with Crippen LogP contribution in [0.1, 0.15) is 44.4 Å². The van der Waals surface area contributed by atoms with Gasteiger partial charge in [-0.2, -0.15) is 0 Å². The third kappa shape index (κ3) is 4.88. The Hall–Kier alpha value is -4.17. The largest absolute Gasteiger partial charge is 0.493 e. The minimum Gasteiger partial charge on any atom is -0.493 e. The van der Waals surface area contributed by atoms with Gasteiger partial charge in [-0.1, -0.05) is 72.9 Å². The van der Waals surface area contributed by atoms with E-state index in [9.17, 15) is 9.59 Å². The molecule has 1 atom stereocenters. The second-order valence-electron chi connectivity index (χ2n) is 9.10. The fraction of sp³-hybridized carbons (Fsp3) is 0.258. The molecule has 0 radical (unpaired) electrons. The number of esters is 1. The quantitative estimate of drug-likeness (QED) is 0.300. The Morgan fingerprint density at radius 3 is 2.62 bits per heavy atom. The van der Waals surface area contributed by atoms with Crippen LogP contribution < -0.4 is 24.4 Å². The van der Waals surface area contributed by atoms with Gasteiger partial charge in [0, 0.05) is 5.56 Å². The maximum absolute atomic E-state index is 14.1. The van der Waals surface area contributed by atoms with E-state index in [0.29, 0.717) is 44.3 Å². The third-order valence-corrected chi connectivity index (χ3v) is 7.58. The molecular formula is C31H30N2O5S. The molecule has 0 saturated carbocycles. The number of ether oxygens (including phenoxy) is 3. The molecule has 39 heavy (non-hydrogen) atoms. The Morgan fingerprint density at radius 1 is 1.08 bits per heavy atom. The minimum absolute atomic E-state index is 0.200. The fourth-order valence-corrected chi connectivity index (χ4v) is 5.91. The lowest BCUT2D eigenvalue weighted by atomic mass is 9.94. The zero-order valence-corrected chi connectivity index (χ0v) is 23.2. The number of carbonyl (C=O) groups is 1. The molecule has 0 fully saturated rings. The highest BCUT2D eigenvalue weighted by Crippen LogP contribution is 2.40. The Balaban J connectivity index is 1.78. The number of rotatable bonds is 8. The molecular weight excluding hydrogens is 512 g/mol. The Kier molecular flexibility index (Phi) is 7.65. The first kappa shape index (κ1) is 26.4. The van der Waals surface area contributed by atoms with E-state index in [4.69, 9.17) is 19.2 Å². The van der Waals surface area contributed by atoms with Gasteiger partial charge in [-0.15, -0.1) is 0 Å². The lowest BCUT2D eigenvalue weighted by molar-refractivity contribution is -0.139. The highest BCUT2D eigenvalue weighted by molar-refractivity contribution is 7.07. The first-order valence-corrected chi connectivity index (χ1v) is 13.8. The van der Waals surface area contributed by atoms with Crippen LogP contribution in [0.3, 0.4) is 0 Å². The average Bonchev–Trinajstić information content (AvgIpc) is 3.25. The van der Waals surface area contributed by atoms with Crippen molar-refractivity contribution in [3.8, 4) is 11.5 Å². The van der Waals surface area contributed by atoms with Gasteiger partial charge < -0.3 is 14.2 Å². The van der Waals surface area contributed by atoms with Crippen molar-refractivity contribution >= 4 is 34.2 Å². The molecule has 0 aliphatic carbocycles. The van der Waals surface area contributed by atoms with Crippen LogP contribution in [0.5, 0.6) is 11.5 Å². The zero-order chi connectivity index (χ0) is 27.5. The van der Waals surface area contributed by atoms with Crippen LogP contribution in [-0.2, 0) is 9.53 Å². The molecule has 0 bridgehead atoms. The summed E-state index contributed by atoms with van der Waals surface area (Å²) in [5.41, 5.74) is 2.13. The molecule has 1 aliphatic rings. The standard InChI is InChI=1S/C31H30N2O5S/c1-5-17-38-28-23(15-10-16-24(28)36-4)27-26(30(35)37-6-2)19(3)32-31-33(27)29(34)25(39-31)18-21-13-9-12-20-11-7-8-14-22(20)21/h7-16,18,27H,5-6,17H2,1-4H3/t27-/m1/s1. The molecule has 0 spiro atoms. The highest BCUT2D eigenvalue weighted by atomic mass is 32.1. The number of para-hydroxylation sites is 1. The number of carbonyl (C=O) groups excluding carboxylic acids is 1. The van der Waals surface area contributed by atoms with E-state index in [-0.39, 0.29) is 12.2 Å². The summed E-state index contributed by atoms with van der Waals surface area (Å²) in [7, 11) is 1.57. The molecule has 4 aromatic rings. The normalized spacial score (nSPS) is 15.2. The molecule has 8 heteroatoms. The van der Waals surface area contributed by atoms with Crippen molar-refractivity contribution in [3.05, 3.63) is 103 Å². The molecule has 200 valence electrons. The number of allylic oxidation sites excluding steroid dienone is 1. The van der Waals surface area contributed by atoms with Gasteiger partial charge in [0.25, 0.3) is 5.56 Å². The molecule has 0 unspecified atom stereocenters. The lowest BCUT2D eigenvalue weighted by Crippen LogP contribution is -2.40. The minimum atomic E-state index is -0.795. The van der Waals surface area contributed by atoms with Gasteiger partial charge in [0.05, 0.1) is 36.1 Å². The van der Waals surface area contributed by atoms with Crippen molar-refractivity contribution in [2.45, 2.75) is 33.2 Å². The smallest absolute Gasteiger partial charge is 0.338 e. The fourth-order valence-electron chi connectivity index (χ4n) is 4.87. The van der Waals surface area contributed by atoms with Crippen LogP contribution in [0, 0.1) is 0 Å². The van der Waals surface area contributed by atoms with Crippen LogP contribution in [0.15, 0.2) is 81.7 Å². The van der Waals surface area contributed by atoms with E-state index in [0.717, 1.165) is 22.8 Å². The SMILES string of the molecule is CCCOc1c(OC)cccc1[C@@H]1C(C(=O)OCC)=C(C)N=c2sc(=Cc3cccc4ccccc34)c(=O)n21. The van der Waals surface area contributed by atoms with Crippen molar-refractivity contribution in [1.82, 2.24) is 4.57 Å². The van der Waals surface area contributed by atoms with Gasteiger partial charge in [-0.05, 0) is 48.7 Å². The maximum atomic E-state index is 14.1. The Bertz CT molecular complexity index is 1760. The van der Waals surface area contributed by atoms with E-state index >= 15 is 0 Å². The number of hydrogen-bond donors (Lipinski definition) is 0. The van der Waals surface area contributed by atoms with E-state index in [1.807, 2.05) is 67.6 Å². The Labute approximate surface area is 230 Å². The summed E-state index contributed by atoms with van der Waals surface area (Å²) in [6.07, 6.45) is 2.68. The summed E-state index contributed by atoms with van der Waals surface area (Å²) < 4.78 is 19.3. The second kappa shape index (κ2) is 11.3. The first-order valence-electron chi connectivity index (χ1n) is 13.0. The number of methoxy groups -OCH3 is 1. The molecule has 0 saturated heterocycles. The van der Waals surface area contributed by atoms with Crippen LogP contribution in [0.2, 0.25) is 0 Å². The molecule has 5 rings (SSSR count). The summed E-state index contributed by atoms with van der Waals surface area (Å²) in [4.78, 5) is 32.6. The van der Waals surface area contributed by atoms with Gasteiger partial charge in [-0.3, -0.25) is 9.36 Å². The van der Waals surface area contributed by atoms with E-state index in [1.165, 1.54) is 11.3 Å². The van der Waals surface area contributed by atoms with Gasteiger partial charge in [0.1, 0.15) is 6.04 Å². The van der Waals surface area contributed by atoms with E-state index < -0.39 is 12.0 Å². The number of fused-ring (bicyclic) bond motifs is 2. The lowest BCUT2D eigenvalue weighted by Gasteiger charge is -2.27. The van der Waals surface area contributed by atoms with Crippen LogP contribution in [0.25, 0.3) is 16.8 Å². The van der Waals surface area contributed by atoms with Crippen LogP contribution in [0.4, 0.5) is 0 Å². The summed E-state index contributed by atoms with van der Waals surface area (Å²) in [6.45, 7) is 6.19. The number of nitrogens with zero attached hydrogens (tertiary/aromatic N) is 2. The zero-order valence-electron chi connectivity index (χ0n) is 22.4. The van der Waals surface area contributed by atoms with Crippen LogP contribution >= 0.6 is 11.3 Å². The van der Waals surface area contributed by atoms with Crippen molar-refractivity contribution in [1.29, 1.82) is 0 Å². The molecule has 1 aromatic heterocycles. The van der Waals surface area contributed by atoms with Crippen molar-refractivity contribution in [3.63, 3.8) is 0 Å². The average molecular weight is 543 g/mol. The Morgan fingerprint density at radius 2 is 1.85 bits per heavy atom. The predicted octanol–water partition coefficient (Wildman–Crippen LogP) is 4.75. The van der Waals surface area contributed by atoms with Crippen molar-refractivity contribution in [2.75, 3.05) is 20.3 Å². The van der Waals surface area contributed by atoms with Crippen molar-refractivity contribution < 1.29 is 19.0 Å². The number of thiazole rings is 1.